The number of rotatable bonds is 0. The summed E-state index contributed by atoms with van der Waals surface area (Å²) in [6, 6.07) is 11.1. The molecule has 1 aromatic carbocycles. The van der Waals surface area contributed by atoms with Gasteiger partial charge in [0.05, 0.1) is 0 Å². The van der Waals surface area contributed by atoms with Crippen LogP contribution in [0.1, 0.15) is 37.6 Å². The number of hydrogen-bond donors (Lipinski definition) is 0. The van der Waals surface area contributed by atoms with Crippen LogP contribution in [-0.4, -0.2) is 0 Å². The summed E-state index contributed by atoms with van der Waals surface area (Å²) in [5.41, 5.74) is 7.32. The highest BCUT2D eigenvalue weighted by Gasteiger charge is 2.28. The van der Waals surface area contributed by atoms with E-state index in [9.17, 15) is 0 Å². The van der Waals surface area contributed by atoms with Crippen molar-refractivity contribution in [3.63, 3.8) is 0 Å². The highest BCUT2D eigenvalue weighted by atomic mass is 14.9. The van der Waals surface area contributed by atoms with E-state index in [2.05, 4.69) is 68.9 Å². The molecule has 1 nitrogen and oxygen atoms in total. The number of benzene rings is 1. The van der Waals surface area contributed by atoms with Gasteiger partial charge in [-0.15, -0.1) is 0 Å². The van der Waals surface area contributed by atoms with Crippen LogP contribution < -0.4 is 4.57 Å². The molecule has 1 heterocycles. The van der Waals surface area contributed by atoms with E-state index in [0.29, 0.717) is 0 Å². The molecule has 0 spiro atoms. The molecule has 0 unspecified atom stereocenters. The van der Waals surface area contributed by atoms with E-state index in [4.69, 9.17) is 0 Å². The van der Waals surface area contributed by atoms with Crippen molar-refractivity contribution in [2.45, 2.75) is 32.6 Å². The van der Waals surface area contributed by atoms with E-state index in [1.165, 1.54) is 27.9 Å². The minimum Gasteiger partial charge on any atom is -0.204 e. The molecule has 0 aliphatic heterocycles. The summed E-state index contributed by atoms with van der Waals surface area (Å²) in [4.78, 5) is 0. The molecule has 1 aliphatic rings. The number of nitrogens with zero attached hydrogens (tertiary/aromatic N) is 1. The summed E-state index contributed by atoms with van der Waals surface area (Å²) >= 11 is 0. The van der Waals surface area contributed by atoms with Gasteiger partial charge in [-0.3, -0.25) is 0 Å². The van der Waals surface area contributed by atoms with Gasteiger partial charge < -0.3 is 0 Å². The number of aromatic nitrogens is 1. The Hall–Kier alpha value is -1.63. The van der Waals surface area contributed by atoms with Gasteiger partial charge in [0.1, 0.15) is 7.05 Å². The van der Waals surface area contributed by atoms with Crippen LogP contribution in [0.3, 0.4) is 0 Å². The first-order valence-electron chi connectivity index (χ1n) is 6.58. The van der Waals surface area contributed by atoms with Crippen LogP contribution in [0.2, 0.25) is 0 Å². The van der Waals surface area contributed by atoms with Crippen LogP contribution in [0, 0.1) is 0 Å². The summed E-state index contributed by atoms with van der Waals surface area (Å²) in [5, 5.41) is 0. The van der Waals surface area contributed by atoms with Crippen molar-refractivity contribution in [1.29, 1.82) is 0 Å². The van der Waals surface area contributed by atoms with Crippen molar-refractivity contribution in [3.8, 4) is 11.1 Å². The third-order valence-electron chi connectivity index (χ3n) is 3.81. The highest BCUT2D eigenvalue weighted by Crippen LogP contribution is 2.37. The molecule has 0 N–H and O–H groups in total. The maximum Gasteiger partial charge on any atom is 0.187 e. The zero-order valence-electron chi connectivity index (χ0n) is 11.6. The second kappa shape index (κ2) is 3.68. The Morgan fingerprint density at radius 1 is 1.00 bits per heavy atom. The van der Waals surface area contributed by atoms with Crippen molar-refractivity contribution < 1.29 is 4.57 Å². The average Bonchev–Trinajstić information content (AvgIpc) is 2.63. The molecule has 0 fully saturated rings. The molecule has 0 amide bonds. The number of pyridine rings is 1. The van der Waals surface area contributed by atoms with Crippen molar-refractivity contribution in [2.75, 3.05) is 0 Å². The maximum absolute atomic E-state index is 2.38. The van der Waals surface area contributed by atoms with Gasteiger partial charge >= 0.3 is 0 Å². The third-order valence-corrected chi connectivity index (χ3v) is 3.81. The van der Waals surface area contributed by atoms with Crippen LogP contribution in [0.4, 0.5) is 0 Å². The van der Waals surface area contributed by atoms with Crippen molar-refractivity contribution >= 4 is 0 Å². The first-order chi connectivity index (χ1) is 8.47. The Bertz CT molecular complexity index is 618. The quantitative estimate of drug-likeness (QED) is 0.529. The normalized spacial score (nSPS) is 13.3. The highest BCUT2D eigenvalue weighted by molar-refractivity contribution is 5.76. The summed E-state index contributed by atoms with van der Waals surface area (Å²) in [7, 11) is 2.16. The van der Waals surface area contributed by atoms with Crippen LogP contribution in [0.5, 0.6) is 0 Å². The Balaban J connectivity index is 2.24. The first-order valence-corrected chi connectivity index (χ1v) is 6.58. The van der Waals surface area contributed by atoms with Crippen LogP contribution in [0.25, 0.3) is 11.1 Å². The van der Waals surface area contributed by atoms with E-state index in [-0.39, 0.29) is 5.41 Å². The fraction of sp³-hybridized carbons (Fsp3) is 0.353. The number of aryl methyl sites for hydroxylation is 1. The molecule has 1 aliphatic carbocycles. The molecule has 1 aromatic heterocycles. The van der Waals surface area contributed by atoms with E-state index >= 15 is 0 Å². The standard InChI is InChI=1S/C17H20N/c1-17(2,3)16-10-15-13(11-18(16)4)9-12-7-5-6-8-14(12)15/h5-8,10-11H,9H2,1-4H3/q+1. The summed E-state index contributed by atoms with van der Waals surface area (Å²) in [5.74, 6) is 0. The van der Waals surface area contributed by atoms with Gasteiger partial charge in [0.25, 0.3) is 0 Å². The summed E-state index contributed by atoms with van der Waals surface area (Å²) < 4.78 is 2.28. The number of hydrogen-bond acceptors (Lipinski definition) is 0. The molecule has 0 bridgehead atoms. The van der Waals surface area contributed by atoms with E-state index in [1.807, 2.05) is 0 Å². The summed E-state index contributed by atoms with van der Waals surface area (Å²) in [6.45, 7) is 6.82. The Kier molecular flexibility index (Phi) is 2.34. The minimum atomic E-state index is 0.182. The van der Waals surface area contributed by atoms with Crippen molar-refractivity contribution in [2.24, 2.45) is 7.05 Å². The van der Waals surface area contributed by atoms with Crippen LogP contribution in [0.15, 0.2) is 36.5 Å². The molecular weight excluding hydrogens is 218 g/mol. The molecule has 0 radical (unpaired) electrons. The molecule has 3 rings (SSSR count). The fourth-order valence-electron chi connectivity index (χ4n) is 2.98. The van der Waals surface area contributed by atoms with Crippen LogP contribution >= 0.6 is 0 Å². The topological polar surface area (TPSA) is 3.88 Å². The average molecular weight is 238 g/mol. The zero-order valence-corrected chi connectivity index (χ0v) is 11.6. The van der Waals surface area contributed by atoms with Gasteiger partial charge in [-0.25, -0.2) is 4.57 Å². The third kappa shape index (κ3) is 1.66. The van der Waals surface area contributed by atoms with Gasteiger partial charge in [0.2, 0.25) is 0 Å². The smallest absolute Gasteiger partial charge is 0.187 e. The lowest BCUT2D eigenvalue weighted by atomic mass is 9.89. The monoisotopic (exact) mass is 238 g/mol. The lowest BCUT2D eigenvalue weighted by Crippen LogP contribution is -2.39. The van der Waals surface area contributed by atoms with Crippen molar-refractivity contribution in [1.82, 2.24) is 0 Å². The lowest BCUT2D eigenvalue weighted by Gasteiger charge is -2.16. The zero-order chi connectivity index (χ0) is 12.9. The van der Waals surface area contributed by atoms with E-state index in [1.54, 1.807) is 0 Å². The second-order valence-corrected chi connectivity index (χ2v) is 6.29. The van der Waals surface area contributed by atoms with Gasteiger partial charge in [-0.1, -0.05) is 45.0 Å². The van der Waals surface area contributed by atoms with E-state index in [0.717, 1.165) is 6.42 Å². The van der Waals surface area contributed by atoms with Crippen LogP contribution in [-0.2, 0) is 18.9 Å². The molecular formula is C17H20N+. The Morgan fingerprint density at radius 3 is 2.44 bits per heavy atom. The molecule has 0 atom stereocenters. The predicted molar refractivity (Wildman–Crippen MR) is 74.6 cm³/mol. The lowest BCUT2D eigenvalue weighted by molar-refractivity contribution is -0.682. The van der Waals surface area contributed by atoms with Gasteiger partial charge in [-0.05, 0) is 16.7 Å². The summed E-state index contributed by atoms with van der Waals surface area (Å²) in [6.07, 6.45) is 3.37. The molecule has 2 aromatic rings. The molecule has 0 saturated heterocycles. The van der Waals surface area contributed by atoms with Gasteiger partial charge in [0.15, 0.2) is 11.9 Å². The van der Waals surface area contributed by atoms with Gasteiger partial charge in [-0.2, -0.15) is 0 Å². The van der Waals surface area contributed by atoms with Gasteiger partial charge in [0, 0.05) is 23.5 Å². The maximum atomic E-state index is 2.38. The Labute approximate surface area is 109 Å². The SMILES string of the molecule is C[n+]1cc2c(cc1C(C)(C)C)-c1ccccc1C2. The minimum absolute atomic E-state index is 0.182. The number of fused-ring (bicyclic) bond motifs is 3. The molecule has 1 heteroatoms. The molecule has 0 saturated carbocycles. The van der Waals surface area contributed by atoms with Crippen molar-refractivity contribution in [3.05, 3.63) is 53.3 Å². The molecule has 92 valence electrons. The first kappa shape index (κ1) is 11.5. The predicted octanol–water partition coefficient (Wildman–Crippen LogP) is 3.38. The Morgan fingerprint density at radius 2 is 1.72 bits per heavy atom. The van der Waals surface area contributed by atoms with E-state index < -0.39 is 0 Å². The fourth-order valence-corrected chi connectivity index (χ4v) is 2.98. The largest absolute Gasteiger partial charge is 0.204 e. The molecule has 18 heavy (non-hydrogen) atoms. The second-order valence-electron chi connectivity index (χ2n) is 6.29.